The van der Waals surface area contributed by atoms with Crippen molar-refractivity contribution in [2.75, 3.05) is 7.11 Å². The van der Waals surface area contributed by atoms with Gasteiger partial charge in [-0.3, -0.25) is 0 Å². The molecule has 92 valence electrons. The van der Waals surface area contributed by atoms with Gasteiger partial charge in [0.25, 0.3) is 0 Å². The molecule has 0 atom stereocenters. The number of aldehydes is 1. The van der Waals surface area contributed by atoms with Crippen LogP contribution in [-0.4, -0.2) is 19.4 Å². The monoisotopic (exact) mass is 234 g/mol. The Kier molecular flexibility index (Phi) is 6.00. The largest absolute Gasteiger partial charge is 0.465 e. The average molecular weight is 234 g/mol. The molecule has 0 aromatic heterocycles. The van der Waals surface area contributed by atoms with E-state index >= 15 is 0 Å². The molecule has 0 fully saturated rings. The Hall–Kier alpha value is -1.64. The van der Waals surface area contributed by atoms with Crippen molar-refractivity contribution in [1.82, 2.24) is 0 Å². The van der Waals surface area contributed by atoms with Gasteiger partial charge in [0.05, 0.1) is 12.7 Å². The highest BCUT2D eigenvalue weighted by Gasteiger charge is 2.03. The summed E-state index contributed by atoms with van der Waals surface area (Å²) in [6, 6.07) is 7.47. The average Bonchev–Trinajstić information content (AvgIpc) is 2.38. The van der Waals surface area contributed by atoms with Crippen molar-refractivity contribution in [3.63, 3.8) is 0 Å². The van der Waals surface area contributed by atoms with E-state index in [-0.39, 0.29) is 5.97 Å². The lowest BCUT2D eigenvalue weighted by Gasteiger charge is -2.03. The van der Waals surface area contributed by atoms with Crippen LogP contribution in [0.2, 0.25) is 0 Å². The lowest BCUT2D eigenvalue weighted by molar-refractivity contribution is -0.107. The van der Waals surface area contributed by atoms with Gasteiger partial charge in [0, 0.05) is 6.42 Å². The Morgan fingerprint density at radius 2 is 1.88 bits per heavy atom. The molecular formula is C14H18O3. The Morgan fingerprint density at radius 1 is 1.18 bits per heavy atom. The fraction of sp³-hybridized carbons (Fsp3) is 0.429. The van der Waals surface area contributed by atoms with Crippen molar-refractivity contribution in [2.45, 2.75) is 32.1 Å². The lowest BCUT2D eigenvalue weighted by Crippen LogP contribution is -2.00. The van der Waals surface area contributed by atoms with Gasteiger partial charge in [-0.15, -0.1) is 0 Å². The van der Waals surface area contributed by atoms with E-state index in [0.29, 0.717) is 12.0 Å². The van der Waals surface area contributed by atoms with E-state index in [1.807, 2.05) is 12.1 Å². The zero-order valence-corrected chi connectivity index (χ0v) is 10.1. The molecule has 3 nitrogen and oxygen atoms in total. The van der Waals surface area contributed by atoms with E-state index in [1.165, 1.54) is 12.7 Å². The molecule has 0 N–H and O–H groups in total. The number of rotatable bonds is 7. The van der Waals surface area contributed by atoms with Crippen molar-refractivity contribution >= 4 is 12.3 Å². The van der Waals surface area contributed by atoms with Gasteiger partial charge in [0.2, 0.25) is 0 Å². The molecule has 1 rings (SSSR count). The molecule has 0 heterocycles. The maximum Gasteiger partial charge on any atom is 0.337 e. The Bertz CT molecular complexity index is 354. The first-order valence-electron chi connectivity index (χ1n) is 5.89. The van der Waals surface area contributed by atoms with E-state index in [4.69, 9.17) is 0 Å². The van der Waals surface area contributed by atoms with Crippen LogP contribution in [0, 0.1) is 0 Å². The summed E-state index contributed by atoms with van der Waals surface area (Å²) < 4.78 is 4.63. The third kappa shape index (κ3) is 4.81. The van der Waals surface area contributed by atoms with E-state index in [0.717, 1.165) is 32.0 Å². The van der Waals surface area contributed by atoms with Crippen LogP contribution < -0.4 is 0 Å². The third-order valence-corrected chi connectivity index (χ3v) is 2.66. The van der Waals surface area contributed by atoms with Gasteiger partial charge in [-0.05, 0) is 37.0 Å². The fourth-order valence-electron chi connectivity index (χ4n) is 1.66. The van der Waals surface area contributed by atoms with Gasteiger partial charge in [-0.1, -0.05) is 18.6 Å². The first-order chi connectivity index (χ1) is 8.27. The third-order valence-electron chi connectivity index (χ3n) is 2.66. The summed E-state index contributed by atoms with van der Waals surface area (Å²) in [5, 5.41) is 0. The normalized spacial score (nSPS) is 9.94. The standard InChI is InChI=1S/C14H18O3/c1-17-14(16)13-9-7-12(8-10-13)6-4-2-3-5-11-15/h7-11H,2-6H2,1H3. The number of hydrogen-bond donors (Lipinski definition) is 0. The van der Waals surface area contributed by atoms with Gasteiger partial charge in [-0.25, -0.2) is 4.79 Å². The molecule has 0 aliphatic rings. The number of esters is 1. The molecule has 0 spiro atoms. The van der Waals surface area contributed by atoms with Crippen molar-refractivity contribution < 1.29 is 14.3 Å². The number of methoxy groups -OCH3 is 1. The van der Waals surface area contributed by atoms with Crippen LogP contribution in [0.25, 0.3) is 0 Å². The number of carbonyl (C=O) groups excluding carboxylic acids is 2. The molecule has 0 saturated heterocycles. The first-order valence-corrected chi connectivity index (χ1v) is 5.89. The topological polar surface area (TPSA) is 43.4 Å². The number of benzene rings is 1. The number of hydrogen-bond acceptors (Lipinski definition) is 3. The molecule has 0 unspecified atom stereocenters. The van der Waals surface area contributed by atoms with Crippen molar-refractivity contribution in [3.05, 3.63) is 35.4 Å². The summed E-state index contributed by atoms with van der Waals surface area (Å²) in [4.78, 5) is 21.3. The quantitative estimate of drug-likeness (QED) is 0.414. The van der Waals surface area contributed by atoms with Gasteiger partial charge in [-0.2, -0.15) is 0 Å². The first kappa shape index (κ1) is 13.4. The minimum atomic E-state index is -0.303. The second-order valence-corrected chi connectivity index (χ2v) is 3.95. The van der Waals surface area contributed by atoms with Crippen molar-refractivity contribution in [2.24, 2.45) is 0 Å². The second-order valence-electron chi connectivity index (χ2n) is 3.95. The smallest absolute Gasteiger partial charge is 0.337 e. The van der Waals surface area contributed by atoms with Crippen LogP contribution in [0.1, 0.15) is 41.6 Å². The van der Waals surface area contributed by atoms with E-state index < -0.39 is 0 Å². The predicted molar refractivity (Wildman–Crippen MR) is 66.0 cm³/mol. The molecule has 0 bridgehead atoms. The Morgan fingerprint density at radius 3 is 2.47 bits per heavy atom. The van der Waals surface area contributed by atoms with Crippen LogP contribution in [0.4, 0.5) is 0 Å². The molecule has 3 heteroatoms. The molecular weight excluding hydrogens is 216 g/mol. The van der Waals surface area contributed by atoms with Crippen LogP contribution >= 0.6 is 0 Å². The number of carbonyl (C=O) groups is 2. The maximum atomic E-state index is 11.2. The van der Waals surface area contributed by atoms with Crippen LogP contribution in [-0.2, 0) is 16.0 Å². The number of ether oxygens (including phenoxy) is 1. The Labute approximate surface area is 102 Å². The van der Waals surface area contributed by atoms with Gasteiger partial charge < -0.3 is 9.53 Å². The highest BCUT2D eigenvalue weighted by atomic mass is 16.5. The zero-order chi connectivity index (χ0) is 12.5. The van der Waals surface area contributed by atoms with E-state index in [2.05, 4.69) is 4.74 Å². The minimum Gasteiger partial charge on any atom is -0.465 e. The van der Waals surface area contributed by atoms with E-state index in [9.17, 15) is 9.59 Å². The van der Waals surface area contributed by atoms with Crippen LogP contribution in [0.3, 0.4) is 0 Å². The van der Waals surface area contributed by atoms with Crippen LogP contribution in [0.15, 0.2) is 24.3 Å². The fourth-order valence-corrected chi connectivity index (χ4v) is 1.66. The second kappa shape index (κ2) is 7.60. The molecule has 0 aliphatic carbocycles. The summed E-state index contributed by atoms with van der Waals surface area (Å²) in [5.74, 6) is -0.303. The molecule has 1 aromatic carbocycles. The van der Waals surface area contributed by atoms with Crippen LogP contribution in [0.5, 0.6) is 0 Å². The summed E-state index contributed by atoms with van der Waals surface area (Å²) in [6.45, 7) is 0. The predicted octanol–water partition coefficient (Wildman–Crippen LogP) is 2.78. The van der Waals surface area contributed by atoms with Gasteiger partial charge in [0.15, 0.2) is 0 Å². The summed E-state index contributed by atoms with van der Waals surface area (Å²) in [7, 11) is 1.38. The number of aryl methyl sites for hydroxylation is 1. The lowest BCUT2D eigenvalue weighted by atomic mass is 10.0. The molecule has 0 saturated carbocycles. The number of unbranched alkanes of at least 4 members (excludes halogenated alkanes) is 3. The minimum absolute atomic E-state index is 0.303. The molecule has 1 aromatic rings. The molecule has 0 aliphatic heterocycles. The van der Waals surface area contributed by atoms with Crippen molar-refractivity contribution in [3.8, 4) is 0 Å². The van der Waals surface area contributed by atoms with Crippen molar-refractivity contribution in [1.29, 1.82) is 0 Å². The molecule has 0 radical (unpaired) electrons. The van der Waals surface area contributed by atoms with Gasteiger partial charge in [0.1, 0.15) is 6.29 Å². The summed E-state index contributed by atoms with van der Waals surface area (Å²) >= 11 is 0. The zero-order valence-electron chi connectivity index (χ0n) is 10.1. The SMILES string of the molecule is COC(=O)c1ccc(CCCCCC=O)cc1. The van der Waals surface area contributed by atoms with E-state index in [1.54, 1.807) is 12.1 Å². The highest BCUT2D eigenvalue weighted by Crippen LogP contribution is 2.10. The highest BCUT2D eigenvalue weighted by molar-refractivity contribution is 5.89. The molecule has 0 amide bonds. The summed E-state index contributed by atoms with van der Waals surface area (Å²) in [5.41, 5.74) is 1.79. The molecule has 17 heavy (non-hydrogen) atoms. The van der Waals surface area contributed by atoms with Gasteiger partial charge >= 0.3 is 5.97 Å². The Balaban J connectivity index is 2.35. The maximum absolute atomic E-state index is 11.2. The summed E-state index contributed by atoms with van der Waals surface area (Å²) in [6.07, 6.45) is 5.71.